The van der Waals surface area contributed by atoms with Crippen LogP contribution in [-0.2, 0) is 19.3 Å². The average molecular weight is 345 g/mol. The summed E-state index contributed by atoms with van der Waals surface area (Å²) in [5, 5.41) is 12.4. The minimum atomic E-state index is 0.669. The van der Waals surface area contributed by atoms with E-state index in [1.165, 1.54) is 11.3 Å². The zero-order chi connectivity index (χ0) is 17.3. The SMILES string of the molecule is c1ccc(-n2nccc2CCNc2c3c(nc4ncnn24)CCC3)cc1. The summed E-state index contributed by atoms with van der Waals surface area (Å²) in [6.45, 7) is 0.796. The predicted octanol–water partition coefficient (Wildman–Crippen LogP) is 2.45. The van der Waals surface area contributed by atoms with Crippen LogP contribution in [-0.4, -0.2) is 35.9 Å². The molecular formula is C19H19N7. The first-order valence-corrected chi connectivity index (χ1v) is 8.94. The van der Waals surface area contributed by atoms with Gasteiger partial charge in [0.05, 0.1) is 11.4 Å². The van der Waals surface area contributed by atoms with Gasteiger partial charge in [-0.1, -0.05) is 18.2 Å². The monoisotopic (exact) mass is 345 g/mol. The van der Waals surface area contributed by atoms with Crippen molar-refractivity contribution in [1.82, 2.24) is 29.4 Å². The molecule has 7 nitrogen and oxygen atoms in total. The molecule has 0 spiro atoms. The number of benzene rings is 1. The molecule has 0 saturated carbocycles. The van der Waals surface area contributed by atoms with Gasteiger partial charge in [-0.2, -0.15) is 19.7 Å². The Morgan fingerprint density at radius 2 is 1.96 bits per heavy atom. The quantitative estimate of drug-likeness (QED) is 0.601. The van der Waals surface area contributed by atoms with Gasteiger partial charge in [-0.15, -0.1) is 0 Å². The van der Waals surface area contributed by atoms with E-state index in [0.717, 1.165) is 49.4 Å². The van der Waals surface area contributed by atoms with Crippen LogP contribution < -0.4 is 5.32 Å². The minimum Gasteiger partial charge on any atom is -0.369 e. The number of hydrogen-bond acceptors (Lipinski definition) is 5. The smallest absolute Gasteiger partial charge is 0.254 e. The number of nitrogens with one attached hydrogen (secondary N) is 1. The number of para-hydroxylation sites is 1. The van der Waals surface area contributed by atoms with E-state index in [4.69, 9.17) is 0 Å². The fourth-order valence-electron chi connectivity index (χ4n) is 3.64. The molecule has 1 aromatic carbocycles. The van der Waals surface area contributed by atoms with E-state index < -0.39 is 0 Å². The number of aromatic nitrogens is 6. The molecule has 1 aliphatic carbocycles. The summed E-state index contributed by atoms with van der Waals surface area (Å²) < 4.78 is 3.81. The molecule has 4 aromatic rings. The molecule has 5 rings (SSSR count). The maximum Gasteiger partial charge on any atom is 0.254 e. The summed E-state index contributed by atoms with van der Waals surface area (Å²) in [6, 6.07) is 12.3. The summed E-state index contributed by atoms with van der Waals surface area (Å²) in [7, 11) is 0. The van der Waals surface area contributed by atoms with Crippen LogP contribution in [0.1, 0.15) is 23.4 Å². The highest BCUT2D eigenvalue weighted by Crippen LogP contribution is 2.27. The van der Waals surface area contributed by atoms with Crippen LogP contribution in [0.2, 0.25) is 0 Å². The first kappa shape index (κ1) is 15.1. The van der Waals surface area contributed by atoms with Gasteiger partial charge in [-0.25, -0.2) is 9.67 Å². The van der Waals surface area contributed by atoms with E-state index in [9.17, 15) is 0 Å². The molecule has 26 heavy (non-hydrogen) atoms. The lowest BCUT2D eigenvalue weighted by atomic mass is 10.2. The molecule has 0 fully saturated rings. The van der Waals surface area contributed by atoms with Crippen molar-refractivity contribution in [1.29, 1.82) is 0 Å². The van der Waals surface area contributed by atoms with Gasteiger partial charge in [0.1, 0.15) is 12.1 Å². The third kappa shape index (κ3) is 2.52. The van der Waals surface area contributed by atoms with Crippen LogP contribution in [0.25, 0.3) is 11.5 Å². The molecule has 130 valence electrons. The molecule has 0 unspecified atom stereocenters. The molecule has 0 saturated heterocycles. The zero-order valence-corrected chi connectivity index (χ0v) is 14.3. The van der Waals surface area contributed by atoms with Crippen molar-refractivity contribution < 1.29 is 0 Å². The van der Waals surface area contributed by atoms with Gasteiger partial charge in [0.15, 0.2) is 0 Å². The van der Waals surface area contributed by atoms with E-state index in [1.54, 1.807) is 6.33 Å². The molecule has 3 heterocycles. The summed E-state index contributed by atoms with van der Waals surface area (Å²) >= 11 is 0. The van der Waals surface area contributed by atoms with Crippen LogP contribution >= 0.6 is 0 Å². The average Bonchev–Trinajstić information content (AvgIpc) is 3.42. The molecule has 0 bridgehead atoms. The Kier molecular flexibility index (Phi) is 3.62. The second-order valence-corrected chi connectivity index (χ2v) is 6.46. The molecule has 7 heteroatoms. The predicted molar refractivity (Wildman–Crippen MR) is 98.6 cm³/mol. The number of nitrogens with zero attached hydrogens (tertiary/aromatic N) is 6. The fourth-order valence-corrected chi connectivity index (χ4v) is 3.64. The molecule has 0 radical (unpaired) electrons. The first-order chi connectivity index (χ1) is 12.9. The van der Waals surface area contributed by atoms with Crippen LogP contribution in [0.15, 0.2) is 48.9 Å². The van der Waals surface area contributed by atoms with Crippen LogP contribution in [0.3, 0.4) is 0 Å². The summed E-state index contributed by atoms with van der Waals surface area (Å²) in [4.78, 5) is 8.88. The Hall–Kier alpha value is -3.22. The normalized spacial score (nSPS) is 13.2. The molecule has 1 N–H and O–H groups in total. The molecule has 1 aliphatic rings. The Bertz CT molecular complexity index is 1050. The van der Waals surface area contributed by atoms with Crippen molar-refractivity contribution in [3.63, 3.8) is 0 Å². The maximum atomic E-state index is 4.62. The number of hydrogen-bond donors (Lipinski definition) is 1. The molecule has 0 atom stereocenters. The van der Waals surface area contributed by atoms with Gasteiger partial charge in [0.2, 0.25) is 0 Å². The lowest BCUT2D eigenvalue weighted by molar-refractivity contribution is 0.795. The highest BCUT2D eigenvalue weighted by Gasteiger charge is 2.20. The van der Waals surface area contributed by atoms with Gasteiger partial charge < -0.3 is 5.32 Å². The second-order valence-electron chi connectivity index (χ2n) is 6.46. The van der Waals surface area contributed by atoms with Crippen molar-refractivity contribution in [3.05, 3.63) is 65.9 Å². The van der Waals surface area contributed by atoms with Crippen LogP contribution in [0.5, 0.6) is 0 Å². The van der Waals surface area contributed by atoms with Gasteiger partial charge in [0, 0.05) is 30.4 Å². The number of rotatable bonds is 5. The minimum absolute atomic E-state index is 0.669. The molecule has 3 aromatic heterocycles. The van der Waals surface area contributed by atoms with E-state index in [0.29, 0.717) is 5.78 Å². The van der Waals surface area contributed by atoms with Crippen molar-refractivity contribution >= 4 is 11.6 Å². The van der Waals surface area contributed by atoms with Crippen molar-refractivity contribution in [2.45, 2.75) is 25.7 Å². The van der Waals surface area contributed by atoms with Gasteiger partial charge in [-0.3, -0.25) is 0 Å². The molecular weight excluding hydrogens is 326 g/mol. The Labute approximate surface area is 150 Å². The topological polar surface area (TPSA) is 72.9 Å². The van der Waals surface area contributed by atoms with Crippen LogP contribution in [0.4, 0.5) is 5.82 Å². The van der Waals surface area contributed by atoms with Gasteiger partial charge >= 0.3 is 0 Å². The van der Waals surface area contributed by atoms with Crippen molar-refractivity contribution in [3.8, 4) is 5.69 Å². The lowest BCUT2D eigenvalue weighted by Gasteiger charge is -2.13. The third-order valence-corrected chi connectivity index (χ3v) is 4.85. The standard InChI is InChI=1S/C19H19N7/c1-2-5-14(6-3-1)25-15(10-12-22-25)9-11-20-18-16-7-4-8-17(16)24-19-21-13-23-26(18)19/h1-3,5-6,10,12-13,20H,4,7-9,11H2. The fraction of sp³-hybridized carbons (Fsp3) is 0.263. The molecule has 0 amide bonds. The summed E-state index contributed by atoms with van der Waals surface area (Å²) in [5.41, 5.74) is 4.68. The van der Waals surface area contributed by atoms with Gasteiger partial charge in [-0.05, 0) is 37.5 Å². The first-order valence-electron chi connectivity index (χ1n) is 8.94. The zero-order valence-electron chi connectivity index (χ0n) is 14.3. The molecule has 0 aliphatic heterocycles. The van der Waals surface area contributed by atoms with E-state index in [-0.39, 0.29) is 0 Å². The Morgan fingerprint density at radius 1 is 1.04 bits per heavy atom. The van der Waals surface area contributed by atoms with Crippen LogP contribution in [0, 0.1) is 0 Å². The van der Waals surface area contributed by atoms with E-state index >= 15 is 0 Å². The number of anilines is 1. The third-order valence-electron chi connectivity index (χ3n) is 4.85. The second kappa shape index (κ2) is 6.25. The highest BCUT2D eigenvalue weighted by atomic mass is 15.4. The Morgan fingerprint density at radius 3 is 2.88 bits per heavy atom. The Balaban J connectivity index is 1.38. The van der Waals surface area contributed by atoms with Crippen molar-refractivity contribution in [2.24, 2.45) is 0 Å². The lowest BCUT2D eigenvalue weighted by Crippen LogP contribution is -2.14. The highest BCUT2D eigenvalue weighted by molar-refractivity contribution is 5.54. The number of aryl methyl sites for hydroxylation is 1. The summed E-state index contributed by atoms with van der Waals surface area (Å²) in [5.74, 6) is 1.70. The van der Waals surface area contributed by atoms with Gasteiger partial charge in [0.25, 0.3) is 5.78 Å². The summed E-state index contributed by atoms with van der Waals surface area (Å²) in [6.07, 6.45) is 7.49. The van der Waals surface area contributed by atoms with Crippen molar-refractivity contribution in [2.75, 3.05) is 11.9 Å². The van der Waals surface area contributed by atoms with E-state index in [2.05, 4.69) is 43.7 Å². The number of fused-ring (bicyclic) bond motifs is 2. The largest absolute Gasteiger partial charge is 0.369 e. The van der Waals surface area contributed by atoms with E-state index in [1.807, 2.05) is 33.6 Å². The maximum absolute atomic E-state index is 4.62.